The summed E-state index contributed by atoms with van der Waals surface area (Å²) < 4.78 is 38.6. The van der Waals surface area contributed by atoms with E-state index < -0.39 is 11.7 Å². The quantitative estimate of drug-likeness (QED) is 0.636. The Kier molecular flexibility index (Phi) is 4.33. The number of allylic oxidation sites excluding steroid dienone is 1. The summed E-state index contributed by atoms with van der Waals surface area (Å²) in [5, 5.41) is 0. The molecule has 2 rings (SSSR count). The fourth-order valence-electron chi connectivity index (χ4n) is 1.97. The zero-order valence-corrected chi connectivity index (χ0v) is 12.3. The summed E-state index contributed by atoms with van der Waals surface area (Å²) in [7, 11) is 0. The first kappa shape index (κ1) is 14.9. The largest absolute Gasteiger partial charge is 0.416 e. The van der Waals surface area contributed by atoms with E-state index in [1.807, 2.05) is 37.3 Å². The second-order valence-electron chi connectivity index (χ2n) is 4.28. The predicted molar refractivity (Wildman–Crippen MR) is 78.3 cm³/mol. The van der Waals surface area contributed by atoms with Crippen molar-refractivity contribution < 1.29 is 13.2 Å². The SMILES string of the molecule is C/C=C(/c1ccc(Br)cc1)c1ccc(C(F)(F)F)cc1. The molecule has 0 aromatic heterocycles. The lowest BCUT2D eigenvalue weighted by molar-refractivity contribution is -0.137. The minimum Gasteiger partial charge on any atom is -0.166 e. The first-order valence-corrected chi connectivity index (χ1v) is 6.81. The molecule has 0 N–H and O–H groups in total. The third-order valence-corrected chi connectivity index (χ3v) is 3.50. The van der Waals surface area contributed by atoms with E-state index in [-0.39, 0.29) is 0 Å². The molecule has 0 saturated carbocycles. The molecule has 2 aromatic rings. The molecule has 0 unspecified atom stereocenters. The Hall–Kier alpha value is -1.55. The average Bonchev–Trinajstić information content (AvgIpc) is 2.41. The summed E-state index contributed by atoms with van der Waals surface area (Å²) in [6.07, 6.45) is -2.40. The molecular formula is C16H12BrF3. The van der Waals surface area contributed by atoms with Crippen LogP contribution < -0.4 is 0 Å². The molecule has 4 heteroatoms. The Morgan fingerprint density at radius 3 is 1.75 bits per heavy atom. The zero-order valence-electron chi connectivity index (χ0n) is 10.7. The van der Waals surface area contributed by atoms with Crippen LogP contribution in [0.2, 0.25) is 0 Å². The molecule has 0 spiro atoms. The van der Waals surface area contributed by atoms with Crippen LogP contribution >= 0.6 is 15.9 Å². The van der Waals surface area contributed by atoms with E-state index in [0.29, 0.717) is 0 Å². The molecule has 20 heavy (non-hydrogen) atoms. The van der Waals surface area contributed by atoms with Crippen molar-refractivity contribution in [3.63, 3.8) is 0 Å². The highest BCUT2D eigenvalue weighted by molar-refractivity contribution is 9.10. The van der Waals surface area contributed by atoms with Gasteiger partial charge in [0, 0.05) is 4.47 Å². The van der Waals surface area contributed by atoms with Gasteiger partial charge in [-0.1, -0.05) is 46.3 Å². The normalized spacial score (nSPS) is 12.6. The van der Waals surface area contributed by atoms with Crippen molar-refractivity contribution >= 4 is 21.5 Å². The first-order valence-electron chi connectivity index (χ1n) is 6.01. The number of benzene rings is 2. The highest BCUT2D eigenvalue weighted by atomic mass is 79.9. The summed E-state index contributed by atoms with van der Waals surface area (Å²) in [6, 6.07) is 12.9. The Labute approximate surface area is 124 Å². The van der Waals surface area contributed by atoms with Crippen LogP contribution in [-0.4, -0.2) is 0 Å². The van der Waals surface area contributed by atoms with Crippen molar-refractivity contribution in [2.24, 2.45) is 0 Å². The number of halogens is 4. The minimum absolute atomic E-state index is 0.632. The van der Waals surface area contributed by atoms with Crippen molar-refractivity contribution in [1.29, 1.82) is 0 Å². The fraction of sp³-hybridized carbons (Fsp3) is 0.125. The first-order chi connectivity index (χ1) is 9.41. The summed E-state index contributed by atoms with van der Waals surface area (Å²) >= 11 is 3.36. The van der Waals surface area contributed by atoms with Crippen LogP contribution in [0.4, 0.5) is 13.2 Å². The Morgan fingerprint density at radius 2 is 1.35 bits per heavy atom. The monoisotopic (exact) mass is 340 g/mol. The molecule has 0 bridgehead atoms. The Balaban J connectivity index is 2.36. The number of alkyl halides is 3. The van der Waals surface area contributed by atoms with Gasteiger partial charge in [-0.25, -0.2) is 0 Å². The van der Waals surface area contributed by atoms with E-state index >= 15 is 0 Å². The Bertz CT molecular complexity index is 608. The predicted octanol–water partition coefficient (Wildman–Crippen LogP) is 5.92. The molecule has 0 aliphatic carbocycles. The molecule has 0 saturated heterocycles. The number of hydrogen-bond acceptors (Lipinski definition) is 0. The van der Waals surface area contributed by atoms with Crippen LogP contribution in [0.5, 0.6) is 0 Å². The van der Waals surface area contributed by atoms with E-state index in [4.69, 9.17) is 0 Å². The lowest BCUT2D eigenvalue weighted by atomic mass is 9.97. The van der Waals surface area contributed by atoms with Gasteiger partial charge in [0.05, 0.1) is 5.56 Å². The van der Waals surface area contributed by atoms with Crippen molar-refractivity contribution in [1.82, 2.24) is 0 Å². The summed E-state index contributed by atoms with van der Waals surface area (Å²) in [6.45, 7) is 1.87. The maximum Gasteiger partial charge on any atom is 0.416 e. The minimum atomic E-state index is -4.30. The van der Waals surface area contributed by atoms with Gasteiger partial charge in [0.25, 0.3) is 0 Å². The van der Waals surface area contributed by atoms with E-state index in [1.54, 1.807) is 0 Å². The third-order valence-electron chi connectivity index (χ3n) is 2.97. The summed E-state index contributed by atoms with van der Waals surface area (Å²) in [5.41, 5.74) is 2.01. The fourth-order valence-corrected chi connectivity index (χ4v) is 2.23. The number of rotatable bonds is 2. The summed E-state index contributed by atoms with van der Waals surface area (Å²) in [5.74, 6) is 0. The van der Waals surface area contributed by atoms with Gasteiger partial charge in [-0.05, 0) is 47.9 Å². The average molecular weight is 341 g/mol. The highest BCUT2D eigenvalue weighted by Gasteiger charge is 2.30. The van der Waals surface area contributed by atoms with Crippen LogP contribution in [0, 0.1) is 0 Å². The summed E-state index contributed by atoms with van der Waals surface area (Å²) in [4.78, 5) is 0. The van der Waals surface area contributed by atoms with Gasteiger partial charge < -0.3 is 0 Å². The van der Waals surface area contributed by atoms with Gasteiger partial charge in [0.15, 0.2) is 0 Å². The molecule has 0 aliphatic rings. The van der Waals surface area contributed by atoms with Crippen LogP contribution in [0.3, 0.4) is 0 Å². The molecule has 0 heterocycles. The van der Waals surface area contributed by atoms with Crippen LogP contribution in [0.15, 0.2) is 59.1 Å². The van der Waals surface area contributed by atoms with E-state index in [1.165, 1.54) is 12.1 Å². The molecular weight excluding hydrogens is 329 g/mol. The van der Waals surface area contributed by atoms with Crippen LogP contribution in [0.25, 0.3) is 5.57 Å². The lowest BCUT2D eigenvalue weighted by Crippen LogP contribution is -2.04. The Morgan fingerprint density at radius 1 is 0.900 bits per heavy atom. The third kappa shape index (κ3) is 3.31. The van der Waals surface area contributed by atoms with Crippen LogP contribution in [-0.2, 0) is 6.18 Å². The topological polar surface area (TPSA) is 0 Å². The second-order valence-corrected chi connectivity index (χ2v) is 5.20. The standard InChI is InChI=1S/C16H12BrF3/c1-2-15(12-5-9-14(17)10-6-12)11-3-7-13(8-4-11)16(18,19)20/h2-10H,1H3/b15-2+. The molecule has 2 aromatic carbocycles. The van der Waals surface area contributed by atoms with E-state index in [0.717, 1.165) is 33.3 Å². The van der Waals surface area contributed by atoms with Gasteiger partial charge in [-0.15, -0.1) is 0 Å². The zero-order chi connectivity index (χ0) is 14.8. The van der Waals surface area contributed by atoms with E-state index in [2.05, 4.69) is 15.9 Å². The number of hydrogen-bond donors (Lipinski definition) is 0. The van der Waals surface area contributed by atoms with Gasteiger partial charge in [0.1, 0.15) is 0 Å². The van der Waals surface area contributed by atoms with Gasteiger partial charge in [0.2, 0.25) is 0 Å². The molecule has 0 aliphatic heterocycles. The second kappa shape index (κ2) is 5.83. The lowest BCUT2D eigenvalue weighted by Gasteiger charge is -2.11. The van der Waals surface area contributed by atoms with Gasteiger partial charge in [-0.3, -0.25) is 0 Å². The van der Waals surface area contributed by atoms with Crippen LogP contribution in [0.1, 0.15) is 23.6 Å². The molecule has 0 amide bonds. The smallest absolute Gasteiger partial charge is 0.166 e. The van der Waals surface area contributed by atoms with Gasteiger partial charge >= 0.3 is 6.18 Å². The van der Waals surface area contributed by atoms with Crippen molar-refractivity contribution in [3.05, 3.63) is 75.8 Å². The molecule has 0 atom stereocenters. The van der Waals surface area contributed by atoms with Gasteiger partial charge in [-0.2, -0.15) is 13.2 Å². The van der Waals surface area contributed by atoms with Crippen molar-refractivity contribution in [2.75, 3.05) is 0 Å². The molecule has 0 fully saturated rings. The molecule has 104 valence electrons. The maximum atomic E-state index is 12.6. The maximum absolute atomic E-state index is 12.6. The molecule has 0 radical (unpaired) electrons. The van der Waals surface area contributed by atoms with E-state index in [9.17, 15) is 13.2 Å². The van der Waals surface area contributed by atoms with Crippen molar-refractivity contribution in [2.45, 2.75) is 13.1 Å². The molecule has 0 nitrogen and oxygen atoms in total. The highest BCUT2D eigenvalue weighted by Crippen LogP contribution is 2.31. The van der Waals surface area contributed by atoms with Crippen molar-refractivity contribution in [3.8, 4) is 0 Å².